The molecule has 0 spiro atoms. The quantitative estimate of drug-likeness (QED) is 0.899. The molecule has 2 aromatic rings. The topological polar surface area (TPSA) is 42.7 Å². The molecule has 1 N–H and O–H groups in total. The van der Waals surface area contributed by atoms with Gasteiger partial charge in [-0.1, -0.05) is 13.8 Å². The molecule has 104 valence electrons. The molecule has 2 heterocycles. The van der Waals surface area contributed by atoms with Crippen molar-refractivity contribution in [2.75, 3.05) is 0 Å². The lowest BCUT2D eigenvalue weighted by Crippen LogP contribution is -2.26. The van der Waals surface area contributed by atoms with Gasteiger partial charge in [0.2, 0.25) is 0 Å². The standard InChI is InChI=1S/C15H24N4/c1-10(2)6-11(3)16-8-13-7-14-12(4)18-19(5)15(14)17-9-13/h7,9-11,16H,6,8H2,1-5H3. The molecule has 0 bridgehead atoms. The maximum Gasteiger partial charge on any atom is 0.157 e. The number of fused-ring (bicyclic) bond motifs is 1. The van der Waals surface area contributed by atoms with E-state index in [0.29, 0.717) is 6.04 Å². The second-order valence-electron chi connectivity index (χ2n) is 5.84. The Kier molecular flexibility index (Phi) is 4.20. The average Bonchev–Trinajstić information content (AvgIpc) is 2.61. The first-order chi connectivity index (χ1) is 8.97. The minimum atomic E-state index is 0.533. The summed E-state index contributed by atoms with van der Waals surface area (Å²) in [4.78, 5) is 4.50. The number of hydrogen-bond acceptors (Lipinski definition) is 3. The van der Waals surface area contributed by atoms with Crippen LogP contribution in [0.15, 0.2) is 12.3 Å². The summed E-state index contributed by atoms with van der Waals surface area (Å²) in [6, 6.07) is 2.73. The van der Waals surface area contributed by atoms with E-state index < -0.39 is 0 Å². The molecule has 4 nitrogen and oxygen atoms in total. The van der Waals surface area contributed by atoms with Crippen LogP contribution >= 0.6 is 0 Å². The van der Waals surface area contributed by atoms with Gasteiger partial charge in [0.25, 0.3) is 0 Å². The summed E-state index contributed by atoms with van der Waals surface area (Å²) in [7, 11) is 1.94. The number of rotatable bonds is 5. The van der Waals surface area contributed by atoms with Crippen LogP contribution in [0.4, 0.5) is 0 Å². The Hall–Kier alpha value is -1.42. The lowest BCUT2D eigenvalue weighted by atomic mass is 10.1. The van der Waals surface area contributed by atoms with Crippen LogP contribution in [0, 0.1) is 12.8 Å². The Bertz CT molecular complexity index is 557. The van der Waals surface area contributed by atoms with Gasteiger partial charge in [0, 0.05) is 31.2 Å². The predicted octanol–water partition coefficient (Wildman–Crippen LogP) is 2.80. The SMILES string of the molecule is Cc1nn(C)c2ncc(CNC(C)CC(C)C)cc12. The maximum atomic E-state index is 4.50. The summed E-state index contributed by atoms with van der Waals surface area (Å²) in [5.41, 5.74) is 3.22. The van der Waals surface area contributed by atoms with Gasteiger partial charge >= 0.3 is 0 Å². The van der Waals surface area contributed by atoms with Crippen LogP contribution in [-0.4, -0.2) is 20.8 Å². The zero-order valence-corrected chi connectivity index (χ0v) is 12.6. The summed E-state index contributed by atoms with van der Waals surface area (Å²) in [6.45, 7) is 9.64. The van der Waals surface area contributed by atoms with Crippen LogP contribution in [0.5, 0.6) is 0 Å². The van der Waals surface area contributed by atoms with E-state index in [2.05, 4.69) is 42.2 Å². The summed E-state index contributed by atoms with van der Waals surface area (Å²) < 4.78 is 1.84. The van der Waals surface area contributed by atoms with Crippen molar-refractivity contribution in [1.82, 2.24) is 20.1 Å². The molecular weight excluding hydrogens is 236 g/mol. The van der Waals surface area contributed by atoms with Gasteiger partial charge in [0.15, 0.2) is 5.65 Å². The highest BCUT2D eigenvalue weighted by Crippen LogP contribution is 2.16. The maximum absolute atomic E-state index is 4.50. The molecule has 19 heavy (non-hydrogen) atoms. The van der Waals surface area contributed by atoms with Crippen molar-refractivity contribution in [2.24, 2.45) is 13.0 Å². The molecule has 0 saturated heterocycles. The fourth-order valence-corrected chi connectivity index (χ4v) is 2.53. The van der Waals surface area contributed by atoms with Gasteiger partial charge in [-0.05, 0) is 37.8 Å². The third-order valence-electron chi connectivity index (χ3n) is 3.40. The van der Waals surface area contributed by atoms with Gasteiger partial charge < -0.3 is 5.32 Å². The van der Waals surface area contributed by atoms with E-state index in [-0.39, 0.29) is 0 Å². The molecule has 0 aliphatic carbocycles. The van der Waals surface area contributed by atoms with Gasteiger partial charge in [0.1, 0.15) is 0 Å². The average molecular weight is 260 g/mol. The highest BCUT2D eigenvalue weighted by Gasteiger charge is 2.08. The lowest BCUT2D eigenvalue weighted by Gasteiger charge is -2.15. The van der Waals surface area contributed by atoms with Gasteiger partial charge in [-0.2, -0.15) is 5.10 Å². The molecule has 0 aliphatic heterocycles. The third kappa shape index (κ3) is 3.32. The molecule has 0 amide bonds. The number of nitrogens with zero attached hydrogens (tertiary/aromatic N) is 3. The van der Waals surface area contributed by atoms with Crippen molar-refractivity contribution in [3.63, 3.8) is 0 Å². The Labute approximate surface area is 115 Å². The van der Waals surface area contributed by atoms with E-state index in [1.165, 1.54) is 12.0 Å². The molecule has 0 radical (unpaired) electrons. The van der Waals surface area contributed by atoms with E-state index in [9.17, 15) is 0 Å². The van der Waals surface area contributed by atoms with Crippen LogP contribution in [-0.2, 0) is 13.6 Å². The number of pyridine rings is 1. The second kappa shape index (κ2) is 5.70. The van der Waals surface area contributed by atoms with Crippen LogP contribution in [0.3, 0.4) is 0 Å². The molecule has 2 aromatic heterocycles. The van der Waals surface area contributed by atoms with Crippen molar-refractivity contribution >= 4 is 11.0 Å². The fraction of sp³-hybridized carbons (Fsp3) is 0.600. The minimum Gasteiger partial charge on any atom is -0.310 e. The van der Waals surface area contributed by atoms with Crippen LogP contribution in [0.25, 0.3) is 11.0 Å². The second-order valence-corrected chi connectivity index (χ2v) is 5.84. The molecule has 0 aromatic carbocycles. The first kappa shape index (κ1) is 14.0. The summed E-state index contributed by atoms with van der Waals surface area (Å²) >= 11 is 0. The predicted molar refractivity (Wildman–Crippen MR) is 79.0 cm³/mol. The smallest absolute Gasteiger partial charge is 0.157 e. The summed E-state index contributed by atoms with van der Waals surface area (Å²) in [5, 5.41) is 9.10. The van der Waals surface area contributed by atoms with E-state index in [1.54, 1.807) is 0 Å². The molecule has 0 fully saturated rings. The first-order valence-electron chi connectivity index (χ1n) is 6.99. The van der Waals surface area contributed by atoms with Gasteiger partial charge in [-0.3, -0.25) is 4.68 Å². The van der Waals surface area contributed by atoms with E-state index >= 15 is 0 Å². The van der Waals surface area contributed by atoms with E-state index in [0.717, 1.165) is 29.2 Å². The molecule has 1 unspecified atom stereocenters. The Morgan fingerprint density at radius 3 is 2.74 bits per heavy atom. The van der Waals surface area contributed by atoms with Crippen molar-refractivity contribution in [3.8, 4) is 0 Å². The lowest BCUT2D eigenvalue weighted by molar-refractivity contribution is 0.441. The Morgan fingerprint density at radius 1 is 1.32 bits per heavy atom. The van der Waals surface area contributed by atoms with Gasteiger partial charge in [0.05, 0.1) is 5.69 Å². The fourth-order valence-electron chi connectivity index (χ4n) is 2.53. The van der Waals surface area contributed by atoms with E-state index in [1.807, 2.05) is 24.9 Å². The monoisotopic (exact) mass is 260 g/mol. The van der Waals surface area contributed by atoms with Crippen molar-refractivity contribution < 1.29 is 0 Å². The summed E-state index contributed by atoms with van der Waals surface area (Å²) in [6.07, 6.45) is 3.14. The van der Waals surface area contributed by atoms with E-state index in [4.69, 9.17) is 0 Å². The van der Waals surface area contributed by atoms with Gasteiger partial charge in [-0.15, -0.1) is 0 Å². The van der Waals surface area contributed by atoms with Crippen LogP contribution < -0.4 is 5.32 Å². The highest BCUT2D eigenvalue weighted by atomic mass is 15.3. The Balaban J connectivity index is 2.07. The zero-order chi connectivity index (χ0) is 14.0. The number of aromatic nitrogens is 3. The zero-order valence-electron chi connectivity index (χ0n) is 12.6. The van der Waals surface area contributed by atoms with Crippen molar-refractivity contribution in [1.29, 1.82) is 0 Å². The number of hydrogen-bond donors (Lipinski definition) is 1. The highest BCUT2D eigenvalue weighted by molar-refractivity contribution is 5.78. The van der Waals surface area contributed by atoms with Crippen LogP contribution in [0.2, 0.25) is 0 Å². The Morgan fingerprint density at radius 2 is 2.05 bits per heavy atom. The van der Waals surface area contributed by atoms with Crippen molar-refractivity contribution in [3.05, 3.63) is 23.5 Å². The molecule has 4 heteroatoms. The molecule has 0 aliphatic rings. The van der Waals surface area contributed by atoms with Crippen LogP contribution in [0.1, 0.15) is 38.4 Å². The largest absolute Gasteiger partial charge is 0.310 e. The third-order valence-corrected chi connectivity index (χ3v) is 3.40. The minimum absolute atomic E-state index is 0.533. The van der Waals surface area contributed by atoms with Crippen molar-refractivity contribution in [2.45, 2.75) is 46.7 Å². The number of nitrogens with one attached hydrogen (secondary N) is 1. The number of aryl methyl sites for hydroxylation is 2. The molecule has 2 rings (SSSR count). The molecule has 1 atom stereocenters. The summed E-state index contributed by atoms with van der Waals surface area (Å²) in [5.74, 6) is 0.726. The van der Waals surface area contributed by atoms with Gasteiger partial charge in [-0.25, -0.2) is 4.98 Å². The normalized spacial score (nSPS) is 13.4. The molecule has 0 saturated carbocycles. The first-order valence-corrected chi connectivity index (χ1v) is 6.99. The molecular formula is C15H24N4.